The van der Waals surface area contributed by atoms with Gasteiger partial charge in [0.05, 0.1) is 17.8 Å². The molecule has 0 spiro atoms. The van der Waals surface area contributed by atoms with Gasteiger partial charge in [-0.05, 0) is 122 Å². The zero-order valence-electron chi connectivity index (χ0n) is 23.4. The van der Waals surface area contributed by atoms with Crippen molar-refractivity contribution in [3.8, 4) is 0 Å². The molecule has 0 bridgehead atoms. The standard InChI is InChI=1S/C32H49NO4/c1-5-23-27-16-22(34)11-13-32(27,4)26-12-14-31(3)24(9-10-25(31)28(26)29(23)35)19(2)7-6-8-20-15-21(30(36)37)18-33-17-20/h15,17-19,22-29,34-35H,5-14,16H2,1-4H3,(H,36,37)/t19-,22-,23-,24-,25+,26+,27+,28+,29-,31-,32-/m1/s1. The molecular weight excluding hydrogens is 462 g/mol. The molecule has 5 rings (SSSR count). The maximum Gasteiger partial charge on any atom is 0.337 e. The highest BCUT2D eigenvalue weighted by Crippen LogP contribution is 2.69. The number of rotatable bonds is 7. The summed E-state index contributed by atoms with van der Waals surface area (Å²) in [5.41, 5.74) is 1.84. The van der Waals surface area contributed by atoms with Crippen molar-refractivity contribution in [2.24, 2.45) is 52.3 Å². The van der Waals surface area contributed by atoms with Crippen LogP contribution in [-0.2, 0) is 6.42 Å². The Kier molecular flexibility index (Phi) is 7.52. The number of pyridine rings is 1. The Hall–Kier alpha value is -1.46. The third-order valence-electron chi connectivity index (χ3n) is 12.3. The number of aliphatic hydroxyl groups excluding tert-OH is 2. The third-order valence-corrected chi connectivity index (χ3v) is 12.3. The van der Waals surface area contributed by atoms with Gasteiger partial charge in [-0.2, -0.15) is 0 Å². The third kappa shape index (κ3) is 4.56. The molecule has 4 aliphatic carbocycles. The van der Waals surface area contributed by atoms with Crippen molar-refractivity contribution >= 4 is 5.97 Å². The Balaban J connectivity index is 1.29. The maximum absolute atomic E-state index is 11.9. The van der Waals surface area contributed by atoms with Gasteiger partial charge in [0.15, 0.2) is 0 Å². The van der Waals surface area contributed by atoms with E-state index in [0.717, 1.165) is 50.5 Å². The topological polar surface area (TPSA) is 90.7 Å². The van der Waals surface area contributed by atoms with Gasteiger partial charge < -0.3 is 15.3 Å². The van der Waals surface area contributed by atoms with E-state index in [1.54, 1.807) is 12.3 Å². The van der Waals surface area contributed by atoms with Crippen molar-refractivity contribution in [3.05, 3.63) is 29.6 Å². The highest BCUT2D eigenvalue weighted by Gasteiger charge is 2.64. The molecule has 4 fully saturated rings. The van der Waals surface area contributed by atoms with Crippen LogP contribution in [0.3, 0.4) is 0 Å². The van der Waals surface area contributed by atoms with Gasteiger partial charge in [0, 0.05) is 12.4 Å². The molecule has 4 aliphatic rings. The van der Waals surface area contributed by atoms with Crippen LogP contribution in [0.2, 0.25) is 0 Å². The fourth-order valence-corrected chi connectivity index (χ4v) is 10.5. The SMILES string of the molecule is CC[C@H]1[C@@H](O)[C@@H]2[C@H](CC[C@]3(C)[C@@H]([C@H](C)CCCc4cncc(C(=O)O)c4)CC[C@@H]23)[C@@]2(C)CC[C@@H](O)C[C@@H]12. The number of carboxylic acids is 1. The van der Waals surface area contributed by atoms with Gasteiger partial charge in [-0.1, -0.05) is 40.5 Å². The van der Waals surface area contributed by atoms with Gasteiger partial charge in [-0.15, -0.1) is 0 Å². The van der Waals surface area contributed by atoms with E-state index in [1.807, 2.05) is 0 Å². The lowest BCUT2D eigenvalue weighted by Gasteiger charge is -2.64. The summed E-state index contributed by atoms with van der Waals surface area (Å²) in [6.07, 6.45) is 14.8. The predicted octanol–water partition coefficient (Wildman–Crippen LogP) is 6.37. The molecule has 11 atom stereocenters. The number of carbonyl (C=O) groups is 1. The molecule has 0 radical (unpaired) electrons. The van der Waals surface area contributed by atoms with Crippen LogP contribution in [0.15, 0.2) is 18.5 Å². The van der Waals surface area contributed by atoms with Gasteiger partial charge in [-0.3, -0.25) is 4.98 Å². The van der Waals surface area contributed by atoms with Crippen LogP contribution < -0.4 is 0 Å². The van der Waals surface area contributed by atoms with Crippen molar-refractivity contribution in [2.45, 2.75) is 111 Å². The van der Waals surface area contributed by atoms with Gasteiger partial charge >= 0.3 is 5.97 Å². The normalized spacial score (nSPS) is 43.9. The minimum absolute atomic E-state index is 0.191. The van der Waals surface area contributed by atoms with E-state index in [0.29, 0.717) is 46.8 Å². The second kappa shape index (κ2) is 10.3. The van der Waals surface area contributed by atoms with Crippen molar-refractivity contribution in [1.82, 2.24) is 4.98 Å². The first-order valence-corrected chi connectivity index (χ1v) is 15.1. The molecule has 4 saturated carbocycles. The Bertz CT molecular complexity index is 981. The number of nitrogens with zero attached hydrogens (tertiary/aromatic N) is 1. The van der Waals surface area contributed by atoms with Crippen molar-refractivity contribution in [1.29, 1.82) is 0 Å². The van der Waals surface area contributed by atoms with Gasteiger partial charge in [0.1, 0.15) is 0 Å². The highest BCUT2D eigenvalue weighted by atomic mass is 16.4. The van der Waals surface area contributed by atoms with E-state index in [9.17, 15) is 20.1 Å². The Morgan fingerprint density at radius 3 is 2.51 bits per heavy atom. The Morgan fingerprint density at radius 2 is 1.78 bits per heavy atom. The molecule has 3 N–H and O–H groups in total. The van der Waals surface area contributed by atoms with E-state index < -0.39 is 5.97 Å². The molecule has 37 heavy (non-hydrogen) atoms. The van der Waals surface area contributed by atoms with Crippen LogP contribution >= 0.6 is 0 Å². The van der Waals surface area contributed by atoms with E-state index in [-0.39, 0.29) is 23.2 Å². The second-order valence-corrected chi connectivity index (χ2v) is 13.9. The summed E-state index contributed by atoms with van der Waals surface area (Å²) in [6.45, 7) is 9.75. The monoisotopic (exact) mass is 511 g/mol. The zero-order valence-corrected chi connectivity index (χ0v) is 23.4. The summed E-state index contributed by atoms with van der Waals surface area (Å²) in [5.74, 6) is 2.76. The van der Waals surface area contributed by atoms with Crippen LogP contribution in [0.5, 0.6) is 0 Å². The second-order valence-electron chi connectivity index (χ2n) is 13.9. The molecule has 1 heterocycles. The fourth-order valence-electron chi connectivity index (χ4n) is 10.5. The van der Waals surface area contributed by atoms with Crippen molar-refractivity contribution < 1.29 is 20.1 Å². The van der Waals surface area contributed by atoms with Crippen LogP contribution in [0, 0.1) is 52.3 Å². The van der Waals surface area contributed by atoms with Crippen LogP contribution in [0.1, 0.15) is 108 Å². The largest absolute Gasteiger partial charge is 0.478 e. The molecule has 0 aromatic carbocycles. The van der Waals surface area contributed by atoms with E-state index >= 15 is 0 Å². The number of aliphatic hydroxyl groups is 2. The lowest BCUT2D eigenvalue weighted by Crippen LogP contribution is -2.62. The van der Waals surface area contributed by atoms with Crippen LogP contribution in [0.4, 0.5) is 0 Å². The number of aryl methyl sites for hydroxylation is 1. The average Bonchev–Trinajstić information content (AvgIpc) is 3.22. The minimum atomic E-state index is -0.914. The summed E-state index contributed by atoms with van der Waals surface area (Å²) in [7, 11) is 0. The average molecular weight is 512 g/mol. The molecule has 5 nitrogen and oxygen atoms in total. The molecule has 206 valence electrons. The predicted molar refractivity (Wildman–Crippen MR) is 145 cm³/mol. The minimum Gasteiger partial charge on any atom is -0.478 e. The van der Waals surface area contributed by atoms with Gasteiger partial charge in [0.25, 0.3) is 0 Å². The summed E-state index contributed by atoms with van der Waals surface area (Å²) in [6, 6.07) is 1.76. The lowest BCUT2D eigenvalue weighted by molar-refractivity contribution is -0.203. The number of fused-ring (bicyclic) bond motifs is 5. The first kappa shape index (κ1) is 27.1. The molecule has 1 aromatic rings. The lowest BCUT2D eigenvalue weighted by atomic mass is 9.41. The zero-order chi connectivity index (χ0) is 26.5. The molecule has 0 saturated heterocycles. The quantitative estimate of drug-likeness (QED) is 0.396. The van der Waals surface area contributed by atoms with E-state index in [2.05, 4.69) is 32.7 Å². The van der Waals surface area contributed by atoms with Gasteiger partial charge in [-0.25, -0.2) is 4.79 Å². The maximum atomic E-state index is 11.9. The van der Waals surface area contributed by atoms with Crippen molar-refractivity contribution in [3.63, 3.8) is 0 Å². The van der Waals surface area contributed by atoms with Crippen LogP contribution in [-0.4, -0.2) is 38.5 Å². The summed E-state index contributed by atoms with van der Waals surface area (Å²) in [5, 5.41) is 31.7. The number of aromatic carboxylic acids is 1. The number of aromatic nitrogens is 1. The summed E-state index contributed by atoms with van der Waals surface area (Å²) >= 11 is 0. The summed E-state index contributed by atoms with van der Waals surface area (Å²) < 4.78 is 0. The molecule has 1 aromatic heterocycles. The molecule has 0 aliphatic heterocycles. The highest BCUT2D eigenvalue weighted by molar-refractivity contribution is 5.87. The molecule has 0 amide bonds. The van der Waals surface area contributed by atoms with Crippen LogP contribution in [0.25, 0.3) is 0 Å². The number of carboxylic acid groups (broad SMARTS) is 1. The first-order chi connectivity index (χ1) is 17.6. The van der Waals surface area contributed by atoms with E-state index in [1.165, 1.54) is 31.9 Å². The fraction of sp³-hybridized carbons (Fsp3) is 0.812. The molecule has 5 heteroatoms. The Morgan fingerprint density at radius 1 is 1.05 bits per heavy atom. The number of hydrogen-bond donors (Lipinski definition) is 3. The van der Waals surface area contributed by atoms with Crippen molar-refractivity contribution in [2.75, 3.05) is 0 Å². The van der Waals surface area contributed by atoms with Gasteiger partial charge in [0.2, 0.25) is 0 Å². The number of hydrogen-bond acceptors (Lipinski definition) is 4. The van der Waals surface area contributed by atoms with E-state index in [4.69, 9.17) is 0 Å². The smallest absolute Gasteiger partial charge is 0.337 e. The molecular formula is C32H49NO4. The Labute approximate surface area is 223 Å². The summed E-state index contributed by atoms with van der Waals surface area (Å²) in [4.78, 5) is 15.4. The molecule has 0 unspecified atom stereocenters. The first-order valence-electron chi connectivity index (χ1n) is 15.1.